The van der Waals surface area contributed by atoms with Crippen LogP contribution in [-0.2, 0) is 0 Å². The van der Waals surface area contributed by atoms with Gasteiger partial charge in [0, 0.05) is 38.6 Å². The Bertz CT molecular complexity index is 362. The Morgan fingerprint density at radius 2 is 1.89 bits per heavy atom. The highest BCUT2D eigenvalue weighted by Crippen LogP contribution is 2.07. The number of hydroxylamine groups is 1. The van der Waals surface area contributed by atoms with Crippen LogP contribution in [0.3, 0.4) is 0 Å². The number of piperazine rings is 1. The van der Waals surface area contributed by atoms with Gasteiger partial charge >= 0.3 is 0 Å². The molecule has 1 aromatic rings. The first-order chi connectivity index (χ1) is 8.81. The lowest BCUT2D eigenvalue weighted by molar-refractivity contribution is 0.0705. The molecule has 0 aliphatic carbocycles. The SMILES string of the molecule is CC.O=C(NO)c1cnc(N2CCNCC2)nc1. The van der Waals surface area contributed by atoms with E-state index in [1.165, 1.54) is 17.9 Å². The molecule has 3 N–H and O–H groups in total. The molecule has 0 atom stereocenters. The molecule has 18 heavy (non-hydrogen) atoms. The van der Waals surface area contributed by atoms with Crippen molar-refractivity contribution in [3.63, 3.8) is 0 Å². The monoisotopic (exact) mass is 253 g/mol. The fraction of sp³-hybridized carbons (Fsp3) is 0.545. The van der Waals surface area contributed by atoms with Crippen LogP contribution in [0.2, 0.25) is 0 Å². The largest absolute Gasteiger partial charge is 0.338 e. The van der Waals surface area contributed by atoms with Crippen LogP contribution in [0.5, 0.6) is 0 Å². The molecule has 7 nitrogen and oxygen atoms in total. The van der Waals surface area contributed by atoms with Gasteiger partial charge in [0.1, 0.15) is 0 Å². The van der Waals surface area contributed by atoms with E-state index in [0.29, 0.717) is 5.95 Å². The van der Waals surface area contributed by atoms with Crippen LogP contribution in [-0.4, -0.2) is 47.3 Å². The van der Waals surface area contributed by atoms with Crippen molar-refractivity contribution in [3.8, 4) is 0 Å². The zero-order chi connectivity index (χ0) is 13.4. The van der Waals surface area contributed by atoms with E-state index in [-0.39, 0.29) is 5.56 Å². The summed E-state index contributed by atoms with van der Waals surface area (Å²) in [4.78, 5) is 21.2. The molecule has 1 aliphatic heterocycles. The Balaban J connectivity index is 0.000000771. The zero-order valence-electron chi connectivity index (χ0n) is 10.7. The van der Waals surface area contributed by atoms with E-state index in [1.54, 1.807) is 0 Å². The first-order valence-electron chi connectivity index (χ1n) is 6.03. The molecule has 0 saturated carbocycles. The molecule has 1 aromatic heterocycles. The maximum atomic E-state index is 11.0. The van der Waals surface area contributed by atoms with E-state index in [9.17, 15) is 4.79 Å². The van der Waals surface area contributed by atoms with Crippen LogP contribution in [0, 0.1) is 0 Å². The third-order valence-corrected chi connectivity index (χ3v) is 2.40. The van der Waals surface area contributed by atoms with Crippen molar-refractivity contribution in [3.05, 3.63) is 18.0 Å². The first kappa shape index (κ1) is 14.3. The standard InChI is InChI=1S/C9H13N5O2.C2H6/c15-8(13-16)7-5-11-9(12-6-7)14-3-1-10-2-4-14;1-2/h5-6,10,16H,1-4H2,(H,13,15);1-2H3. The van der Waals surface area contributed by atoms with Crippen LogP contribution < -0.4 is 15.7 Å². The summed E-state index contributed by atoms with van der Waals surface area (Å²) in [5.41, 5.74) is 1.78. The Labute approximate surface area is 106 Å². The average molecular weight is 253 g/mol. The molecule has 100 valence electrons. The summed E-state index contributed by atoms with van der Waals surface area (Å²) in [6.07, 6.45) is 2.80. The molecule has 0 bridgehead atoms. The van der Waals surface area contributed by atoms with Gasteiger partial charge in [0.05, 0.1) is 5.56 Å². The number of carbonyl (C=O) groups excluding carboxylic acids is 1. The number of hydrogen-bond acceptors (Lipinski definition) is 6. The summed E-state index contributed by atoms with van der Waals surface area (Å²) in [5, 5.41) is 11.7. The Morgan fingerprint density at radius 3 is 2.39 bits per heavy atom. The quantitative estimate of drug-likeness (QED) is 0.509. The van der Waals surface area contributed by atoms with Gasteiger partial charge < -0.3 is 10.2 Å². The predicted molar refractivity (Wildman–Crippen MR) is 67.7 cm³/mol. The third kappa shape index (κ3) is 3.64. The van der Waals surface area contributed by atoms with E-state index in [4.69, 9.17) is 5.21 Å². The van der Waals surface area contributed by atoms with Gasteiger partial charge in [-0.15, -0.1) is 0 Å². The molecule has 0 spiro atoms. The predicted octanol–water partition coefficient (Wildman–Crippen LogP) is 0.0314. The minimum absolute atomic E-state index is 0.237. The number of aromatic nitrogens is 2. The average Bonchev–Trinajstić information content (AvgIpc) is 2.49. The maximum Gasteiger partial charge on any atom is 0.277 e. The van der Waals surface area contributed by atoms with Crippen LogP contribution in [0.4, 0.5) is 5.95 Å². The lowest BCUT2D eigenvalue weighted by Gasteiger charge is -2.27. The van der Waals surface area contributed by atoms with Gasteiger partial charge in [0.15, 0.2) is 0 Å². The zero-order valence-corrected chi connectivity index (χ0v) is 10.7. The second-order valence-corrected chi connectivity index (χ2v) is 3.45. The third-order valence-electron chi connectivity index (χ3n) is 2.40. The molecule has 1 aliphatic rings. The van der Waals surface area contributed by atoms with Gasteiger partial charge in [-0.25, -0.2) is 15.4 Å². The summed E-state index contributed by atoms with van der Waals surface area (Å²) in [5.74, 6) is 0.00264. The van der Waals surface area contributed by atoms with E-state index < -0.39 is 5.91 Å². The number of rotatable bonds is 2. The van der Waals surface area contributed by atoms with Crippen molar-refractivity contribution in [2.75, 3.05) is 31.1 Å². The highest BCUT2D eigenvalue weighted by Gasteiger charge is 2.13. The fourth-order valence-corrected chi connectivity index (χ4v) is 1.53. The number of amides is 1. The number of hydrogen-bond donors (Lipinski definition) is 3. The molecule has 2 rings (SSSR count). The van der Waals surface area contributed by atoms with Crippen LogP contribution in [0.15, 0.2) is 12.4 Å². The summed E-state index contributed by atoms with van der Waals surface area (Å²) < 4.78 is 0. The van der Waals surface area contributed by atoms with Crippen LogP contribution >= 0.6 is 0 Å². The van der Waals surface area contributed by atoms with E-state index in [2.05, 4.69) is 15.3 Å². The van der Waals surface area contributed by atoms with Crippen molar-refractivity contribution in [2.45, 2.75) is 13.8 Å². The van der Waals surface area contributed by atoms with E-state index >= 15 is 0 Å². The smallest absolute Gasteiger partial charge is 0.277 e. The molecule has 1 fully saturated rings. The second kappa shape index (κ2) is 7.57. The van der Waals surface area contributed by atoms with Crippen molar-refractivity contribution in [1.82, 2.24) is 20.8 Å². The molecule has 7 heteroatoms. The van der Waals surface area contributed by atoms with Crippen LogP contribution in [0.1, 0.15) is 24.2 Å². The van der Waals surface area contributed by atoms with Gasteiger partial charge in [0.25, 0.3) is 5.91 Å². The molecule has 0 unspecified atom stereocenters. The summed E-state index contributed by atoms with van der Waals surface area (Å²) in [6, 6.07) is 0. The summed E-state index contributed by atoms with van der Waals surface area (Å²) >= 11 is 0. The summed E-state index contributed by atoms with van der Waals surface area (Å²) in [7, 11) is 0. The van der Waals surface area contributed by atoms with Gasteiger partial charge in [-0.3, -0.25) is 10.0 Å². The molecule has 0 radical (unpaired) electrons. The molecule has 1 saturated heterocycles. The maximum absolute atomic E-state index is 11.0. The van der Waals surface area contributed by atoms with Gasteiger partial charge in [-0.05, 0) is 0 Å². The second-order valence-electron chi connectivity index (χ2n) is 3.45. The molecule has 2 heterocycles. The van der Waals surface area contributed by atoms with E-state index in [0.717, 1.165) is 26.2 Å². The minimum Gasteiger partial charge on any atom is -0.338 e. The molecular weight excluding hydrogens is 234 g/mol. The topological polar surface area (TPSA) is 90.4 Å². The van der Waals surface area contributed by atoms with Crippen molar-refractivity contribution >= 4 is 11.9 Å². The van der Waals surface area contributed by atoms with Gasteiger partial charge in [-0.2, -0.15) is 0 Å². The van der Waals surface area contributed by atoms with Crippen LogP contribution in [0.25, 0.3) is 0 Å². The summed E-state index contributed by atoms with van der Waals surface area (Å²) in [6.45, 7) is 7.52. The molecule has 0 aromatic carbocycles. The highest BCUT2D eigenvalue weighted by atomic mass is 16.5. The Morgan fingerprint density at radius 1 is 1.33 bits per heavy atom. The number of anilines is 1. The van der Waals surface area contributed by atoms with Gasteiger partial charge in [0.2, 0.25) is 5.95 Å². The van der Waals surface area contributed by atoms with Crippen molar-refractivity contribution < 1.29 is 10.0 Å². The first-order valence-corrected chi connectivity index (χ1v) is 6.03. The number of nitrogens with one attached hydrogen (secondary N) is 2. The fourth-order valence-electron chi connectivity index (χ4n) is 1.53. The Hall–Kier alpha value is -1.73. The van der Waals surface area contributed by atoms with Crippen molar-refractivity contribution in [1.29, 1.82) is 0 Å². The Kier molecular flexibility index (Phi) is 6.03. The molecule has 1 amide bonds. The minimum atomic E-state index is -0.605. The normalized spacial score (nSPS) is 14.5. The number of nitrogens with zero attached hydrogens (tertiary/aromatic N) is 3. The highest BCUT2D eigenvalue weighted by molar-refractivity contribution is 5.92. The van der Waals surface area contributed by atoms with Gasteiger partial charge in [-0.1, -0.05) is 13.8 Å². The van der Waals surface area contributed by atoms with Crippen molar-refractivity contribution in [2.24, 2.45) is 0 Å². The number of carbonyl (C=O) groups is 1. The lowest BCUT2D eigenvalue weighted by atomic mass is 10.3. The lowest BCUT2D eigenvalue weighted by Crippen LogP contribution is -2.44. The van der Waals surface area contributed by atoms with E-state index in [1.807, 2.05) is 18.7 Å². The molecular formula is C11H19N5O2.